The monoisotopic (exact) mass is 408 g/mol. The van der Waals surface area contributed by atoms with Gasteiger partial charge in [-0.05, 0) is 31.6 Å². The van der Waals surface area contributed by atoms with E-state index in [1.165, 1.54) is 4.90 Å². The number of primary amides is 1. The minimum atomic E-state index is -0.934. The smallest absolute Gasteiger partial charge is 0.326 e. The van der Waals surface area contributed by atoms with Crippen LogP contribution >= 0.6 is 0 Å². The average Bonchev–Trinajstić information content (AvgIpc) is 2.93. The summed E-state index contributed by atoms with van der Waals surface area (Å²) in [6.07, 6.45) is 4.22. The second kappa shape index (κ2) is 8.38. The van der Waals surface area contributed by atoms with Crippen LogP contribution in [0.2, 0.25) is 0 Å². The molecule has 0 aromatic rings. The van der Waals surface area contributed by atoms with Crippen LogP contribution in [0, 0.1) is 11.8 Å². The number of ether oxygens (including phenoxy) is 1. The Morgan fingerprint density at radius 1 is 1.17 bits per heavy atom. The lowest BCUT2D eigenvalue weighted by Crippen LogP contribution is -2.54. The Morgan fingerprint density at radius 2 is 1.86 bits per heavy atom. The number of urea groups is 1. The topological polar surface area (TPSA) is 139 Å². The third-order valence-corrected chi connectivity index (χ3v) is 6.40. The highest BCUT2D eigenvalue weighted by Crippen LogP contribution is 2.38. The Balaban J connectivity index is 1.48. The van der Waals surface area contributed by atoms with Gasteiger partial charge < -0.3 is 20.7 Å². The molecule has 0 radical (unpaired) electrons. The highest BCUT2D eigenvalue weighted by Gasteiger charge is 2.55. The predicted molar refractivity (Wildman–Crippen MR) is 100 cm³/mol. The van der Waals surface area contributed by atoms with Crippen LogP contribution in [0.1, 0.15) is 45.4 Å². The molecule has 160 valence electrons. The lowest BCUT2D eigenvalue weighted by atomic mass is 9.73. The predicted octanol–water partition coefficient (Wildman–Crippen LogP) is -0.246. The van der Waals surface area contributed by atoms with Crippen molar-refractivity contribution in [1.82, 2.24) is 15.1 Å². The number of rotatable bonds is 5. The summed E-state index contributed by atoms with van der Waals surface area (Å²) in [5.74, 6) is -2.20. The van der Waals surface area contributed by atoms with E-state index in [0.29, 0.717) is 32.4 Å². The number of esters is 1. The van der Waals surface area contributed by atoms with E-state index in [4.69, 9.17) is 10.5 Å². The highest BCUT2D eigenvalue weighted by atomic mass is 16.5. The zero-order valence-electron chi connectivity index (χ0n) is 16.6. The van der Waals surface area contributed by atoms with Crippen LogP contribution in [0.3, 0.4) is 0 Å². The average molecular weight is 408 g/mol. The van der Waals surface area contributed by atoms with Crippen molar-refractivity contribution < 1.29 is 28.7 Å². The number of amides is 5. The molecule has 3 rings (SSSR count). The largest absolute Gasteiger partial charge is 0.454 e. The summed E-state index contributed by atoms with van der Waals surface area (Å²) in [7, 11) is 0. The molecule has 0 unspecified atom stereocenters. The number of imide groups is 1. The van der Waals surface area contributed by atoms with Crippen LogP contribution in [-0.4, -0.2) is 71.3 Å². The van der Waals surface area contributed by atoms with Gasteiger partial charge in [-0.1, -0.05) is 19.8 Å². The molecule has 1 saturated carbocycles. The normalized spacial score (nSPS) is 27.8. The second-order valence-electron chi connectivity index (χ2n) is 8.16. The van der Waals surface area contributed by atoms with Gasteiger partial charge >= 0.3 is 12.0 Å². The lowest BCUT2D eigenvalue weighted by Gasteiger charge is -2.36. The van der Waals surface area contributed by atoms with Gasteiger partial charge in [-0.3, -0.25) is 24.1 Å². The Hall–Kier alpha value is -2.65. The van der Waals surface area contributed by atoms with Gasteiger partial charge in [-0.25, -0.2) is 4.79 Å². The molecule has 0 aromatic heterocycles. The molecule has 10 heteroatoms. The lowest BCUT2D eigenvalue weighted by molar-refractivity contribution is -0.154. The van der Waals surface area contributed by atoms with Crippen molar-refractivity contribution in [1.29, 1.82) is 0 Å². The number of hydrogen-bond donors (Lipinski definition) is 2. The zero-order chi connectivity index (χ0) is 21.2. The first-order valence-corrected chi connectivity index (χ1v) is 10.1. The molecule has 1 aliphatic carbocycles. The molecule has 10 nitrogen and oxygen atoms in total. The molecule has 3 fully saturated rings. The summed E-state index contributed by atoms with van der Waals surface area (Å²) < 4.78 is 5.00. The van der Waals surface area contributed by atoms with Gasteiger partial charge in [0.15, 0.2) is 6.61 Å². The van der Waals surface area contributed by atoms with Gasteiger partial charge in [0.25, 0.3) is 11.8 Å². The van der Waals surface area contributed by atoms with E-state index >= 15 is 0 Å². The maximum absolute atomic E-state index is 12.8. The fraction of sp³-hybridized carbons (Fsp3) is 0.737. The number of likely N-dealkylation sites (tertiary alicyclic amines) is 1. The van der Waals surface area contributed by atoms with Gasteiger partial charge in [-0.2, -0.15) is 0 Å². The zero-order valence-corrected chi connectivity index (χ0v) is 16.6. The van der Waals surface area contributed by atoms with E-state index in [9.17, 15) is 24.0 Å². The minimum absolute atomic E-state index is 0.00127. The molecule has 0 bridgehead atoms. The van der Waals surface area contributed by atoms with Crippen molar-refractivity contribution in [3.8, 4) is 0 Å². The van der Waals surface area contributed by atoms with E-state index < -0.39 is 36.6 Å². The maximum atomic E-state index is 12.8. The van der Waals surface area contributed by atoms with Crippen LogP contribution in [0.25, 0.3) is 0 Å². The maximum Gasteiger partial charge on any atom is 0.326 e. The van der Waals surface area contributed by atoms with Gasteiger partial charge in [0.2, 0.25) is 5.91 Å². The number of carbonyl (C=O) groups excluding carboxylic acids is 5. The van der Waals surface area contributed by atoms with Crippen LogP contribution in [0.15, 0.2) is 0 Å². The van der Waals surface area contributed by atoms with E-state index in [1.807, 2.05) is 6.92 Å². The van der Waals surface area contributed by atoms with Gasteiger partial charge in [0.05, 0.1) is 0 Å². The van der Waals surface area contributed by atoms with Crippen LogP contribution < -0.4 is 11.1 Å². The van der Waals surface area contributed by atoms with Crippen molar-refractivity contribution in [3.63, 3.8) is 0 Å². The van der Waals surface area contributed by atoms with Crippen molar-refractivity contribution in [3.05, 3.63) is 0 Å². The summed E-state index contributed by atoms with van der Waals surface area (Å²) in [5.41, 5.74) is 4.34. The fourth-order valence-corrected chi connectivity index (χ4v) is 4.46. The molecule has 2 aliphatic heterocycles. The third kappa shape index (κ3) is 4.20. The summed E-state index contributed by atoms with van der Waals surface area (Å²) in [6, 6.07) is -0.597. The molecule has 2 saturated heterocycles. The Kier molecular flexibility index (Phi) is 6.09. The van der Waals surface area contributed by atoms with Crippen LogP contribution in [0.5, 0.6) is 0 Å². The third-order valence-electron chi connectivity index (χ3n) is 6.40. The molecule has 3 N–H and O–H groups in total. The fourth-order valence-electron chi connectivity index (χ4n) is 4.46. The first kappa shape index (κ1) is 21.1. The second-order valence-corrected chi connectivity index (χ2v) is 8.16. The van der Waals surface area contributed by atoms with Crippen molar-refractivity contribution in [2.24, 2.45) is 17.6 Å². The first-order valence-electron chi connectivity index (χ1n) is 10.1. The molecule has 2 heterocycles. The number of nitrogens with zero attached hydrogens (tertiary/aromatic N) is 2. The number of hydrogen-bond acceptors (Lipinski definition) is 6. The van der Waals surface area contributed by atoms with E-state index in [2.05, 4.69) is 5.32 Å². The Labute approximate surface area is 169 Å². The Morgan fingerprint density at radius 3 is 2.48 bits per heavy atom. The molecule has 29 heavy (non-hydrogen) atoms. The number of nitrogens with one attached hydrogen (secondary N) is 1. The molecule has 1 spiro atoms. The standard InChI is InChI=1S/C19H28N4O6/c1-12-4-2-3-7-19(12)17(27)23(18(28)21-19)10-15(25)29-11-14(24)22-8-5-13(6-9-22)16(20)26/h12-13H,2-11H2,1H3,(H2,20,26)(H,21,28)/t12-,19+/m1/s1. The quantitative estimate of drug-likeness (QED) is 0.475. The van der Waals surface area contributed by atoms with E-state index in [1.54, 1.807) is 0 Å². The molecular formula is C19H28N4O6. The Bertz CT molecular complexity index is 717. The minimum Gasteiger partial charge on any atom is -0.454 e. The SMILES string of the molecule is C[C@@H]1CCCC[C@]12NC(=O)N(CC(=O)OCC(=O)N1CCC(C(N)=O)CC1)C2=O. The summed E-state index contributed by atoms with van der Waals surface area (Å²) >= 11 is 0. The molecule has 2 atom stereocenters. The van der Waals surface area contributed by atoms with Gasteiger partial charge in [0.1, 0.15) is 12.1 Å². The van der Waals surface area contributed by atoms with E-state index in [-0.39, 0.29) is 23.7 Å². The number of nitrogens with two attached hydrogens (primary N) is 1. The highest BCUT2D eigenvalue weighted by molar-refractivity contribution is 6.09. The van der Waals surface area contributed by atoms with Crippen LogP contribution in [-0.2, 0) is 23.9 Å². The number of piperidine rings is 1. The number of carbonyl (C=O) groups is 5. The van der Waals surface area contributed by atoms with Gasteiger partial charge in [-0.15, -0.1) is 0 Å². The van der Waals surface area contributed by atoms with E-state index in [0.717, 1.165) is 24.2 Å². The van der Waals surface area contributed by atoms with Crippen LogP contribution in [0.4, 0.5) is 4.79 Å². The molecular weight excluding hydrogens is 380 g/mol. The van der Waals surface area contributed by atoms with Crippen molar-refractivity contribution >= 4 is 29.7 Å². The van der Waals surface area contributed by atoms with Crippen molar-refractivity contribution in [2.45, 2.75) is 51.0 Å². The first-order chi connectivity index (χ1) is 13.7. The van der Waals surface area contributed by atoms with Gasteiger partial charge in [0, 0.05) is 19.0 Å². The summed E-state index contributed by atoms with van der Waals surface area (Å²) in [6.45, 7) is 1.69. The molecule has 3 aliphatic rings. The summed E-state index contributed by atoms with van der Waals surface area (Å²) in [4.78, 5) is 63.0. The summed E-state index contributed by atoms with van der Waals surface area (Å²) in [5, 5.41) is 2.77. The van der Waals surface area contributed by atoms with Crippen molar-refractivity contribution in [2.75, 3.05) is 26.2 Å². The molecule has 5 amide bonds. The molecule has 0 aromatic carbocycles.